The molecule has 2 rings (SSSR count). The summed E-state index contributed by atoms with van der Waals surface area (Å²) in [4.78, 5) is 24.9. The van der Waals surface area contributed by atoms with Crippen LogP contribution in [0.1, 0.15) is 24.8 Å². The Bertz CT molecular complexity index is 514. The first kappa shape index (κ1) is 14.4. The number of benzene rings is 1. The number of amides is 1. The molecule has 1 amide bonds. The fourth-order valence-corrected chi connectivity index (χ4v) is 2.40. The lowest BCUT2D eigenvalue weighted by Crippen LogP contribution is -2.24. The van der Waals surface area contributed by atoms with Crippen molar-refractivity contribution in [2.45, 2.75) is 25.7 Å². The zero-order valence-corrected chi connectivity index (χ0v) is 11.9. The number of rotatable bonds is 4. The van der Waals surface area contributed by atoms with Gasteiger partial charge in [0, 0.05) is 31.4 Å². The largest absolute Gasteiger partial charge is 0.469 e. The van der Waals surface area contributed by atoms with Gasteiger partial charge in [-0.1, -0.05) is 0 Å². The van der Waals surface area contributed by atoms with Gasteiger partial charge in [-0.3, -0.25) is 9.59 Å². The highest BCUT2D eigenvalue weighted by molar-refractivity contribution is 5.93. The zero-order chi connectivity index (χ0) is 14.5. The Labute approximate surface area is 118 Å². The van der Waals surface area contributed by atoms with E-state index in [0.29, 0.717) is 0 Å². The summed E-state index contributed by atoms with van der Waals surface area (Å²) in [5.41, 5.74) is 3.27. The van der Waals surface area contributed by atoms with E-state index < -0.39 is 0 Å². The molecule has 0 aliphatic carbocycles. The lowest BCUT2D eigenvalue weighted by Gasteiger charge is -2.27. The topological polar surface area (TPSA) is 58.6 Å². The highest BCUT2D eigenvalue weighted by Crippen LogP contribution is 2.28. The quantitative estimate of drug-likeness (QED) is 0.854. The van der Waals surface area contributed by atoms with E-state index in [1.54, 1.807) is 0 Å². The van der Waals surface area contributed by atoms with E-state index in [-0.39, 0.29) is 24.7 Å². The number of aryl methyl sites for hydroxylation is 1. The molecule has 0 radical (unpaired) electrons. The summed E-state index contributed by atoms with van der Waals surface area (Å²) in [5, 5.41) is 2.82. The maximum atomic E-state index is 11.7. The molecule has 1 aliphatic heterocycles. The molecule has 0 fully saturated rings. The van der Waals surface area contributed by atoms with E-state index >= 15 is 0 Å². The van der Waals surface area contributed by atoms with Gasteiger partial charge in [0.05, 0.1) is 13.5 Å². The second kappa shape index (κ2) is 6.41. The minimum Gasteiger partial charge on any atom is -0.469 e. The van der Waals surface area contributed by atoms with Crippen molar-refractivity contribution in [2.75, 3.05) is 30.9 Å². The molecule has 1 N–H and O–H groups in total. The molecule has 5 nitrogen and oxygen atoms in total. The molecule has 1 aliphatic rings. The smallest absolute Gasteiger partial charge is 0.306 e. The molecule has 0 spiro atoms. The number of fused-ring (bicyclic) bond motifs is 1. The van der Waals surface area contributed by atoms with Gasteiger partial charge < -0.3 is 15.0 Å². The van der Waals surface area contributed by atoms with E-state index in [1.165, 1.54) is 18.4 Å². The second-order valence-corrected chi connectivity index (χ2v) is 4.99. The van der Waals surface area contributed by atoms with Crippen LogP contribution in [0.15, 0.2) is 18.2 Å². The van der Waals surface area contributed by atoms with Crippen molar-refractivity contribution in [1.82, 2.24) is 0 Å². The van der Waals surface area contributed by atoms with E-state index in [9.17, 15) is 9.59 Å². The molecule has 5 heteroatoms. The Morgan fingerprint density at radius 2 is 2.15 bits per heavy atom. The number of ether oxygens (including phenoxy) is 1. The average molecular weight is 276 g/mol. The van der Waals surface area contributed by atoms with Gasteiger partial charge in [-0.15, -0.1) is 0 Å². The van der Waals surface area contributed by atoms with Crippen molar-refractivity contribution in [3.05, 3.63) is 23.8 Å². The summed E-state index contributed by atoms with van der Waals surface area (Å²) in [6, 6.07) is 5.95. The monoisotopic (exact) mass is 276 g/mol. The van der Waals surface area contributed by atoms with Crippen LogP contribution in [0.4, 0.5) is 11.4 Å². The number of hydrogen-bond acceptors (Lipinski definition) is 4. The molecular formula is C15H20N2O3. The van der Waals surface area contributed by atoms with Crippen LogP contribution < -0.4 is 10.2 Å². The van der Waals surface area contributed by atoms with Crippen molar-refractivity contribution in [1.29, 1.82) is 0 Å². The highest BCUT2D eigenvalue weighted by atomic mass is 16.5. The maximum Gasteiger partial charge on any atom is 0.306 e. The van der Waals surface area contributed by atoms with Crippen LogP contribution in [0, 0.1) is 0 Å². The summed E-state index contributed by atoms with van der Waals surface area (Å²) in [6.45, 7) is 1.07. The highest BCUT2D eigenvalue weighted by Gasteiger charge is 2.14. The van der Waals surface area contributed by atoms with Gasteiger partial charge in [-0.2, -0.15) is 0 Å². The molecule has 1 aromatic rings. The van der Waals surface area contributed by atoms with Crippen LogP contribution in [-0.4, -0.2) is 32.6 Å². The number of esters is 1. The molecule has 1 heterocycles. The molecule has 0 bridgehead atoms. The summed E-state index contributed by atoms with van der Waals surface area (Å²) >= 11 is 0. The first-order valence-corrected chi connectivity index (χ1v) is 6.81. The molecule has 1 aromatic carbocycles. The van der Waals surface area contributed by atoms with E-state index in [1.807, 2.05) is 18.2 Å². The minimum absolute atomic E-state index is 0.107. The number of nitrogens with one attached hydrogen (secondary N) is 1. The van der Waals surface area contributed by atoms with Crippen molar-refractivity contribution in [3.8, 4) is 0 Å². The van der Waals surface area contributed by atoms with Crippen molar-refractivity contribution >= 4 is 23.3 Å². The third-order valence-corrected chi connectivity index (χ3v) is 3.50. The first-order chi connectivity index (χ1) is 9.60. The second-order valence-electron chi connectivity index (χ2n) is 4.99. The standard InChI is InChI=1S/C15H20N2O3/c1-17-9-3-4-11-10-12(5-6-13(11)17)16-14(18)7-8-15(19)20-2/h5-6,10H,3-4,7-9H2,1-2H3,(H,16,18). The van der Waals surface area contributed by atoms with E-state index in [0.717, 1.165) is 25.1 Å². The summed E-state index contributed by atoms with van der Waals surface area (Å²) in [6.07, 6.45) is 2.41. The SMILES string of the molecule is COC(=O)CCC(=O)Nc1ccc2c(c1)CCCN2C. The molecule has 0 unspecified atom stereocenters. The van der Waals surface area contributed by atoms with Crippen LogP contribution in [-0.2, 0) is 20.7 Å². The molecule has 20 heavy (non-hydrogen) atoms. The summed E-state index contributed by atoms with van der Waals surface area (Å²) < 4.78 is 4.51. The van der Waals surface area contributed by atoms with E-state index in [4.69, 9.17) is 0 Å². The normalized spacial score (nSPS) is 13.6. The Kier molecular flexibility index (Phi) is 4.61. The van der Waals surface area contributed by atoms with Gasteiger partial charge in [0.1, 0.15) is 0 Å². The van der Waals surface area contributed by atoms with Crippen LogP contribution in [0.3, 0.4) is 0 Å². The van der Waals surface area contributed by atoms with Crippen molar-refractivity contribution in [3.63, 3.8) is 0 Å². The minimum atomic E-state index is -0.368. The summed E-state index contributed by atoms with van der Waals surface area (Å²) in [7, 11) is 3.40. The van der Waals surface area contributed by atoms with Gasteiger partial charge in [0.15, 0.2) is 0 Å². The van der Waals surface area contributed by atoms with Crippen molar-refractivity contribution < 1.29 is 14.3 Å². The Hall–Kier alpha value is -2.04. The predicted molar refractivity (Wildman–Crippen MR) is 77.9 cm³/mol. The fraction of sp³-hybridized carbons (Fsp3) is 0.467. The molecule has 108 valence electrons. The van der Waals surface area contributed by atoms with E-state index in [2.05, 4.69) is 22.0 Å². The molecular weight excluding hydrogens is 256 g/mol. The molecule has 0 atom stereocenters. The number of carbonyl (C=O) groups is 2. The number of carbonyl (C=O) groups excluding carboxylic acids is 2. The first-order valence-electron chi connectivity index (χ1n) is 6.81. The van der Waals surface area contributed by atoms with Gasteiger partial charge in [0.25, 0.3) is 0 Å². The van der Waals surface area contributed by atoms with Gasteiger partial charge >= 0.3 is 5.97 Å². The maximum absolute atomic E-state index is 11.7. The number of hydrogen-bond donors (Lipinski definition) is 1. The molecule has 0 saturated heterocycles. The van der Waals surface area contributed by atoms with Gasteiger partial charge in [-0.05, 0) is 36.6 Å². The Morgan fingerprint density at radius 1 is 1.35 bits per heavy atom. The Balaban J connectivity index is 1.96. The predicted octanol–water partition coefficient (Wildman–Crippen LogP) is 1.96. The summed E-state index contributed by atoms with van der Waals surface area (Å²) in [5.74, 6) is -0.535. The number of methoxy groups -OCH3 is 1. The van der Waals surface area contributed by atoms with Crippen molar-refractivity contribution in [2.24, 2.45) is 0 Å². The number of nitrogens with zero attached hydrogens (tertiary/aromatic N) is 1. The third kappa shape index (κ3) is 3.50. The lowest BCUT2D eigenvalue weighted by molar-refractivity contribution is -0.141. The van der Waals surface area contributed by atoms with Gasteiger partial charge in [-0.25, -0.2) is 0 Å². The molecule has 0 saturated carbocycles. The lowest BCUT2D eigenvalue weighted by atomic mass is 10.0. The Morgan fingerprint density at radius 3 is 2.90 bits per heavy atom. The number of anilines is 2. The van der Waals surface area contributed by atoms with Crippen LogP contribution in [0.2, 0.25) is 0 Å². The van der Waals surface area contributed by atoms with Crippen LogP contribution >= 0.6 is 0 Å². The van der Waals surface area contributed by atoms with Gasteiger partial charge in [0.2, 0.25) is 5.91 Å². The van der Waals surface area contributed by atoms with Crippen LogP contribution in [0.25, 0.3) is 0 Å². The zero-order valence-electron chi connectivity index (χ0n) is 11.9. The van der Waals surface area contributed by atoms with Crippen LogP contribution in [0.5, 0.6) is 0 Å². The molecule has 0 aromatic heterocycles. The fourth-order valence-electron chi connectivity index (χ4n) is 2.40. The average Bonchev–Trinajstić information content (AvgIpc) is 2.45. The third-order valence-electron chi connectivity index (χ3n) is 3.50.